The van der Waals surface area contributed by atoms with Gasteiger partial charge in [-0.1, -0.05) is 37.6 Å². The van der Waals surface area contributed by atoms with E-state index in [1.165, 1.54) is 0 Å². The molecule has 192 valence electrons. The number of imidazole rings is 1. The minimum Gasteiger partial charge on any atom is -0.496 e. The molecule has 10 heteroatoms. The Hall–Kier alpha value is -3.33. The summed E-state index contributed by atoms with van der Waals surface area (Å²) in [6, 6.07) is 14.5. The van der Waals surface area contributed by atoms with Gasteiger partial charge in [0.2, 0.25) is 0 Å². The van der Waals surface area contributed by atoms with Gasteiger partial charge in [-0.05, 0) is 61.3 Å². The van der Waals surface area contributed by atoms with E-state index in [-0.39, 0.29) is 24.0 Å². The largest absolute Gasteiger partial charge is 0.496 e. The Balaban J connectivity index is 0.00000148. The van der Waals surface area contributed by atoms with Crippen molar-refractivity contribution < 1.29 is 9.53 Å². The van der Waals surface area contributed by atoms with E-state index in [0.717, 1.165) is 27.9 Å². The van der Waals surface area contributed by atoms with E-state index in [4.69, 9.17) is 32.8 Å². The third-order valence-corrected chi connectivity index (χ3v) is 5.71. The van der Waals surface area contributed by atoms with Crippen molar-refractivity contribution in [3.63, 3.8) is 0 Å². The first kappa shape index (κ1) is 28.9. The zero-order valence-electron chi connectivity index (χ0n) is 20.8. The number of halogens is 2. The number of nitrogens with two attached hydrogens (primary N) is 2. The Morgan fingerprint density at radius 3 is 2.58 bits per heavy atom. The van der Waals surface area contributed by atoms with Crippen LogP contribution >= 0.6 is 24.0 Å². The number of primary amides is 1. The highest BCUT2D eigenvalue weighted by Gasteiger charge is 2.18. The van der Waals surface area contributed by atoms with E-state index in [1.54, 1.807) is 31.6 Å². The number of fused-ring (bicyclic) bond motifs is 1. The topological polar surface area (TPSA) is 121 Å². The highest BCUT2D eigenvalue weighted by Crippen LogP contribution is 2.29. The van der Waals surface area contributed by atoms with Crippen LogP contribution in [0.5, 0.6) is 5.75 Å². The summed E-state index contributed by atoms with van der Waals surface area (Å²) in [6.07, 6.45) is 2.29. The molecular formula is C26H32Cl2N6O2. The predicted octanol–water partition coefficient (Wildman–Crippen LogP) is 5.44. The van der Waals surface area contributed by atoms with Gasteiger partial charge in [-0.2, -0.15) is 0 Å². The number of ether oxygens (including phenoxy) is 1. The second kappa shape index (κ2) is 13.1. The lowest BCUT2D eigenvalue weighted by molar-refractivity contribution is 0.100. The van der Waals surface area contributed by atoms with Crippen LogP contribution in [0.2, 0.25) is 5.02 Å². The number of pyridine rings is 1. The predicted molar refractivity (Wildman–Crippen MR) is 149 cm³/mol. The Bertz CT molecular complexity index is 1330. The Morgan fingerprint density at radius 2 is 1.94 bits per heavy atom. The Kier molecular flexibility index (Phi) is 10.5. The van der Waals surface area contributed by atoms with E-state index < -0.39 is 5.91 Å². The van der Waals surface area contributed by atoms with Gasteiger partial charge >= 0.3 is 0 Å². The number of methoxy groups -OCH3 is 1. The van der Waals surface area contributed by atoms with Gasteiger partial charge in [-0.25, -0.2) is 9.97 Å². The van der Waals surface area contributed by atoms with Crippen molar-refractivity contribution in [2.45, 2.75) is 33.2 Å². The fourth-order valence-corrected chi connectivity index (χ4v) is 4.01. The van der Waals surface area contributed by atoms with Crippen molar-refractivity contribution in [2.75, 3.05) is 19.0 Å². The maximum atomic E-state index is 12.1. The maximum absolute atomic E-state index is 12.1. The number of aromatic nitrogens is 3. The Morgan fingerprint density at radius 1 is 1.19 bits per heavy atom. The molecule has 0 fully saturated rings. The van der Waals surface area contributed by atoms with Gasteiger partial charge in [0.25, 0.3) is 5.91 Å². The van der Waals surface area contributed by atoms with E-state index in [9.17, 15) is 4.79 Å². The molecule has 4 aromatic rings. The van der Waals surface area contributed by atoms with E-state index in [0.29, 0.717) is 29.6 Å². The number of hydrogen-bond acceptors (Lipinski definition) is 6. The van der Waals surface area contributed by atoms with Crippen LogP contribution in [0, 0.1) is 6.92 Å². The van der Waals surface area contributed by atoms with Crippen molar-refractivity contribution in [2.24, 2.45) is 11.5 Å². The third kappa shape index (κ3) is 6.26. The zero-order valence-corrected chi connectivity index (χ0v) is 22.4. The van der Waals surface area contributed by atoms with Crippen LogP contribution in [0.4, 0.5) is 5.82 Å². The highest BCUT2D eigenvalue weighted by molar-refractivity contribution is 6.30. The number of rotatable bonds is 8. The summed E-state index contributed by atoms with van der Waals surface area (Å²) in [5.74, 6) is 1.11. The highest BCUT2D eigenvalue weighted by atomic mass is 35.5. The van der Waals surface area contributed by atoms with Crippen LogP contribution in [0.1, 0.15) is 47.8 Å². The number of benzene rings is 2. The van der Waals surface area contributed by atoms with Crippen molar-refractivity contribution in [1.82, 2.24) is 14.5 Å². The summed E-state index contributed by atoms with van der Waals surface area (Å²) >= 11 is 6.19. The summed E-state index contributed by atoms with van der Waals surface area (Å²) in [7, 11) is 1.63. The van der Waals surface area contributed by atoms with Crippen molar-refractivity contribution in [3.8, 4) is 11.6 Å². The molecule has 36 heavy (non-hydrogen) atoms. The number of aryl methyl sites for hydroxylation is 1. The minimum absolute atomic E-state index is 0. The molecule has 0 aliphatic rings. The first-order valence-corrected chi connectivity index (χ1v) is 11.8. The molecule has 0 aliphatic heterocycles. The average molecular weight is 531 g/mol. The molecule has 1 unspecified atom stereocenters. The fraction of sp³-hybridized carbons (Fsp3) is 0.269. The van der Waals surface area contributed by atoms with Crippen LogP contribution < -0.4 is 21.5 Å². The molecule has 2 aromatic heterocycles. The molecule has 0 bridgehead atoms. The molecule has 4 rings (SSSR count). The van der Waals surface area contributed by atoms with E-state index in [1.807, 2.05) is 55.7 Å². The number of anilines is 1. The quantitative estimate of drug-likeness (QED) is 0.278. The number of amides is 1. The standard InChI is InChI=1S/C24H25ClN6O2.C2H6.ClH/c1-14-10-19-20(12-21(14)33-2)31(13-28-19)22-7-6-17(23(27)32)24(30-22)29-18(8-9-26)15-4-3-5-16(25)11-15;1-2;/h3-7,10-13,18H,8-9,26H2,1-2H3,(H2,27,32)(H,29,30);1-2H3;1H. The summed E-state index contributed by atoms with van der Waals surface area (Å²) in [5.41, 5.74) is 15.3. The first-order chi connectivity index (χ1) is 16.9. The van der Waals surface area contributed by atoms with Crippen LogP contribution in [-0.2, 0) is 0 Å². The molecule has 0 aliphatic carbocycles. The molecule has 0 saturated heterocycles. The number of nitrogens with one attached hydrogen (secondary N) is 1. The summed E-state index contributed by atoms with van der Waals surface area (Å²) in [6.45, 7) is 6.40. The molecule has 0 saturated carbocycles. The molecule has 2 aromatic carbocycles. The number of carbonyl (C=O) groups excluding carboxylic acids is 1. The molecule has 2 heterocycles. The number of nitrogens with zero attached hydrogens (tertiary/aromatic N) is 3. The first-order valence-electron chi connectivity index (χ1n) is 11.5. The zero-order chi connectivity index (χ0) is 25.5. The second-order valence-corrected chi connectivity index (χ2v) is 8.12. The second-order valence-electron chi connectivity index (χ2n) is 7.68. The van der Waals surface area contributed by atoms with E-state index >= 15 is 0 Å². The molecular weight excluding hydrogens is 499 g/mol. The van der Waals surface area contributed by atoms with Gasteiger partial charge in [0, 0.05) is 11.1 Å². The summed E-state index contributed by atoms with van der Waals surface area (Å²) < 4.78 is 7.31. The monoisotopic (exact) mass is 530 g/mol. The van der Waals surface area contributed by atoms with Crippen LogP contribution in [-0.4, -0.2) is 34.1 Å². The number of hydrogen-bond donors (Lipinski definition) is 3. The fourth-order valence-electron chi connectivity index (χ4n) is 3.81. The van der Waals surface area contributed by atoms with Crippen LogP contribution in [0.3, 0.4) is 0 Å². The average Bonchev–Trinajstić information content (AvgIpc) is 3.26. The molecule has 1 atom stereocenters. The molecule has 0 spiro atoms. The normalized spacial score (nSPS) is 11.2. The minimum atomic E-state index is -0.582. The van der Waals surface area contributed by atoms with Crippen molar-refractivity contribution >= 4 is 46.8 Å². The Labute approximate surface area is 222 Å². The maximum Gasteiger partial charge on any atom is 0.252 e. The van der Waals surface area contributed by atoms with Crippen LogP contribution in [0.15, 0.2) is 54.9 Å². The van der Waals surface area contributed by atoms with Crippen LogP contribution in [0.25, 0.3) is 16.9 Å². The lowest BCUT2D eigenvalue weighted by atomic mass is 10.0. The van der Waals surface area contributed by atoms with Gasteiger partial charge < -0.3 is 21.5 Å². The SMILES string of the molecule is CC.COc1cc2c(cc1C)ncn2-c1ccc(C(N)=O)c(NC(CCN)c2cccc(Cl)c2)n1.Cl. The summed E-state index contributed by atoms with van der Waals surface area (Å²) in [4.78, 5) is 21.4. The lowest BCUT2D eigenvalue weighted by Gasteiger charge is -2.21. The molecule has 1 amide bonds. The van der Waals surface area contributed by atoms with Crippen molar-refractivity contribution in [1.29, 1.82) is 0 Å². The molecule has 8 nitrogen and oxygen atoms in total. The van der Waals surface area contributed by atoms with Crippen molar-refractivity contribution in [3.05, 3.63) is 76.6 Å². The van der Waals surface area contributed by atoms with Gasteiger partial charge in [-0.15, -0.1) is 12.4 Å². The van der Waals surface area contributed by atoms with Gasteiger partial charge in [0.05, 0.1) is 29.7 Å². The lowest BCUT2D eigenvalue weighted by Crippen LogP contribution is -2.21. The van der Waals surface area contributed by atoms with Gasteiger partial charge in [0.1, 0.15) is 23.7 Å². The third-order valence-electron chi connectivity index (χ3n) is 5.47. The number of carbonyl (C=O) groups is 1. The smallest absolute Gasteiger partial charge is 0.252 e. The summed E-state index contributed by atoms with van der Waals surface area (Å²) in [5, 5.41) is 3.96. The van der Waals surface area contributed by atoms with Gasteiger partial charge in [0.15, 0.2) is 0 Å². The van der Waals surface area contributed by atoms with E-state index in [2.05, 4.69) is 10.3 Å². The molecule has 5 N–H and O–H groups in total. The van der Waals surface area contributed by atoms with Gasteiger partial charge in [-0.3, -0.25) is 9.36 Å². The molecule has 0 radical (unpaired) electrons.